The average Bonchev–Trinajstić information content (AvgIpc) is 3.17. The number of nitrogens with two attached hydrogens (primary N) is 1. The van der Waals surface area contributed by atoms with Crippen molar-refractivity contribution >= 4 is 23.6 Å². The van der Waals surface area contributed by atoms with E-state index < -0.39 is 0 Å². The van der Waals surface area contributed by atoms with Crippen molar-refractivity contribution in [1.82, 2.24) is 10.2 Å². The van der Waals surface area contributed by atoms with Crippen molar-refractivity contribution in [2.45, 2.75) is 18.2 Å². The molecule has 2 heterocycles. The number of benzene rings is 2. The molecule has 6 nitrogen and oxygen atoms in total. The van der Waals surface area contributed by atoms with E-state index in [1.807, 2.05) is 29.6 Å². The van der Waals surface area contributed by atoms with Gasteiger partial charge in [-0.15, -0.1) is 11.8 Å². The highest BCUT2D eigenvalue weighted by Crippen LogP contribution is 2.45. The van der Waals surface area contributed by atoms with Crippen LogP contribution in [-0.2, 0) is 11.3 Å². The number of quaternary nitrogens is 2. The number of halogens is 2. The minimum absolute atomic E-state index is 0. The van der Waals surface area contributed by atoms with E-state index in [1.165, 1.54) is 10.5 Å². The smallest absolute Gasteiger partial charge is 0.341 e. The number of amides is 2. The first-order valence-corrected chi connectivity index (χ1v) is 12.6. The number of primary amides is 1. The molecule has 2 unspecified atom stereocenters. The summed E-state index contributed by atoms with van der Waals surface area (Å²) >= 11 is 1.67. The number of thioether (sulfide) groups is 1. The van der Waals surface area contributed by atoms with Crippen molar-refractivity contribution in [3.05, 3.63) is 82.4 Å². The van der Waals surface area contributed by atoms with Gasteiger partial charge in [-0.3, -0.25) is 15.0 Å². The molecule has 2 aromatic carbocycles. The number of hydrogen-bond acceptors (Lipinski definition) is 4. The van der Waals surface area contributed by atoms with Crippen LogP contribution in [-0.4, -0.2) is 62.2 Å². The first kappa shape index (κ1) is 29.4. The number of fused-ring (bicyclic) bond motifs is 1. The van der Waals surface area contributed by atoms with Crippen LogP contribution < -0.4 is 40.3 Å². The molecule has 1 saturated heterocycles. The first-order chi connectivity index (χ1) is 16.0. The molecule has 4 N–H and O–H groups in total. The summed E-state index contributed by atoms with van der Waals surface area (Å²) < 4.78 is 0. The number of carbonyl (C=O) groups is 2. The number of rotatable bonds is 8. The lowest BCUT2D eigenvalue weighted by atomic mass is 9.88. The van der Waals surface area contributed by atoms with Crippen LogP contribution in [0.4, 0.5) is 0 Å². The van der Waals surface area contributed by atoms with Gasteiger partial charge in [0, 0.05) is 29.8 Å². The zero-order valence-electron chi connectivity index (χ0n) is 20.2. The van der Waals surface area contributed by atoms with E-state index in [9.17, 15) is 9.59 Å². The van der Waals surface area contributed by atoms with E-state index >= 15 is 0 Å². The number of carbonyl (C=O) groups excluding carboxylic acids is 2. The van der Waals surface area contributed by atoms with Crippen molar-refractivity contribution < 1.29 is 44.6 Å². The zero-order valence-corrected chi connectivity index (χ0v) is 22.5. The Bertz CT molecular complexity index is 1000. The van der Waals surface area contributed by atoms with E-state index in [0.717, 1.165) is 49.7 Å². The van der Waals surface area contributed by atoms with Crippen LogP contribution >= 0.6 is 11.8 Å². The van der Waals surface area contributed by atoms with Gasteiger partial charge in [-0.05, 0) is 30.7 Å². The Kier molecular flexibility index (Phi) is 11.8. The molecule has 2 aliphatic heterocycles. The van der Waals surface area contributed by atoms with Gasteiger partial charge in [0.1, 0.15) is 13.1 Å². The topological polar surface area (TPSA) is 70.5 Å². The lowest BCUT2D eigenvalue weighted by Gasteiger charge is -2.35. The summed E-state index contributed by atoms with van der Waals surface area (Å²) in [5, 5.41) is 5.93. The number of nitrogens with one attached hydrogen (secondary N) is 2. The fourth-order valence-electron chi connectivity index (χ4n) is 4.56. The third kappa shape index (κ3) is 7.81. The molecule has 0 bridgehead atoms. The number of piperidine rings is 1. The molecule has 35 heavy (non-hydrogen) atoms. The molecule has 1 fully saturated rings. The summed E-state index contributed by atoms with van der Waals surface area (Å²) in [6.07, 6.45) is 0.934. The van der Waals surface area contributed by atoms with Crippen molar-refractivity contribution in [3.8, 4) is 0 Å². The Morgan fingerprint density at radius 2 is 1.71 bits per heavy atom. The van der Waals surface area contributed by atoms with Crippen molar-refractivity contribution in [2.75, 3.05) is 40.3 Å². The molecule has 2 atom stereocenters. The molecule has 4 rings (SSSR count). The first-order valence-electron chi connectivity index (χ1n) is 11.7. The van der Waals surface area contributed by atoms with E-state index in [4.69, 9.17) is 0 Å². The lowest BCUT2D eigenvalue weighted by Crippen LogP contribution is -3.09. The minimum atomic E-state index is -0.152. The molecule has 190 valence electrons. The third-order valence-corrected chi connectivity index (χ3v) is 7.62. The number of hydrogen-bond donors (Lipinski definition) is 3. The van der Waals surface area contributed by atoms with E-state index in [0.29, 0.717) is 5.56 Å². The van der Waals surface area contributed by atoms with Crippen molar-refractivity contribution in [3.63, 3.8) is 0 Å². The number of likely N-dealkylation sites (N-methyl/N-ethyl adjacent to an activating group) is 1. The molecule has 0 saturated carbocycles. The van der Waals surface area contributed by atoms with Crippen LogP contribution in [0, 0.1) is 5.92 Å². The van der Waals surface area contributed by atoms with Gasteiger partial charge in [0.05, 0.1) is 24.7 Å². The summed E-state index contributed by atoms with van der Waals surface area (Å²) in [5.74, 6) is 0.112. The highest BCUT2D eigenvalue weighted by molar-refractivity contribution is 8.04. The van der Waals surface area contributed by atoms with Gasteiger partial charge in [-0.1, -0.05) is 48.5 Å². The summed E-state index contributed by atoms with van der Waals surface area (Å²) in [5.41, 5.74) is 2.72. The Balaban J connectivity index is 0.00000216. The maximum atomic E-state index is 13.3. The molecule has 0 radical (unpaired) electrons. The van der Waals surface area contributed by atoms with E-state index in [-0.39, 0.29) is 47.8 Å². The molecule has 0 aromatic heterocycles. The highest BCUT2D eigenvalue weighted by Gasteiger charge is 2.44. The van der Waals surface area contributed by atoms with Crippen molar-refractivity contribution in [1.29, 1.82) is 0 Å². The van der Waals surface area contributed by atoms with Crippen LogP contribution in [0.15, 0.2) is 71.3 Å². The predicted octanol–water partition coefficient (Wildman–Crippen LogP) is -5.49. The Hall–Kier alpha value is -1.87. The van der Waals surface area contributed by atoms with Gasteiger partial charge >= 0.3 is 5.91 Å². The number of likely N-dealkylation sites (tertiary alicyclic amines) is 1. The Morgan fingerprint density at radius 1 is 1.06 bits per heavy atom. The summed E-state index contributed by atoms with van der Waals surface area (Å²) in [7, 11) is 4.18. The largest absolute Gasteiger partial charge is 1.00 e. The maximum Gasteiger partial charge on any atom is 0.341 e. The minimum Gasteiger partial charge on any atom is -1.00 e. The fraction of sp³-hybridized carbons (Fsp3) is 0.385. The van der Waals surface area contributed by atoms with Crippen molar-refractivity contribution in [2.24, 2.45) is 5.92 Å². The molecule has 9 heteroatoms. The van der Waals surface area contributed by atoms with Gasteiger partial charge in [-0.2, -0.15) is 0 Å². The van der Waals surface area contributed by atoms with Crippen LogP contribution in [0.25, 0.3) is 0 Å². The Morgan fingerprint density at radius 3 is 2.37 bits per heavy atom. The van der Waals surface area contributed by atoms with Gasteiger partial charge in [0.25, 0.3) is 5.91 Å². The SMILES string of the molecule is C[NH+](C)CC[NH2+]C(=O)C1=C(NC(=O)c2ccccc2)SC2CN(Cc3ccccc3)CCC12.[Cl-].[Cl-]. The number of nitrogens with zero attached hydrogens (tertiary/aromatic N) is 1. The summed E-state index contributed by atoms with van der Waals surface area (Å²) in [4.78, 5) is 30.0. The van der Waals surface area contributed by atoms with Gasteiger partial charge in [0.15, 0.2) is 0 Å². The molecular weight excluding hydrogens is 503 g/mol. The van der Waals surface area contributed by atoms with Crippen LogP contribution in [0.2, 0.25) is 0 Å². The monoisotopic (exact) mass is 536 g/mol. The molecule has 2 aliphatic rings. The highest BCUT2D eigenvalue weighted by atomic mass is 35.5. The molecule has 0 aliphatic carbocycles. The second-order valence-corrected chi connectivity index (χ2v) is 10.4. The average molecular weight is 538 g/mol. The molecule has 2 aromatic rings. The summed E-state index contributed by atoms with van der Waals surface area (Å²) in [6, 6.07) is 19.7. The fourth-order valence-corrected chi connectivity index (χ4v) is 6.11. The normalized spacial score (nSPS) is 19.5. The predicted molar refractivity (Wildman–Crippen MR) is 132 cm³/mol. The Labute approximate surface area is 224 Å². The lowest BCUT2D eigenvalue weighted by molar-refractivity contribution is -0.869. The zero-order chi connectivity index (χ0) is 23.2. The molecule has 2 amide bonds. The van der Waals surface area contributed by atoms with Gasteiger partial charge in [0.2, 0.25) is 0 Å². The second kappa shape index (κ2) is 14.0. The standard InChI is InChI=1S/C26H32N4O2S.2ClH/c1-29(2)16-14-27-25(32)23-21-13-15-30(17-19-9-5-3-6-10-19)18-22(21)33-26(23)28-24(31)20-11-7-4-8-12-20;;/h3-12,21-22H,13-18H2,1-2H3,(H,27,32)(H,28,31);2*1H. The summed E-state index contributed by atoms with van der Waals surface area (Å²) in [6.45, 7) is 4.43. The molecule has 0 spiro atoms. The van der Waals surface area contributed by atoms with Gasteiger partial charge in [-0.25, -0.2) is 4.79 Å². The van der Waals surface area contributed by atoms with Gasteiger partial charge < -0.3 is 35.0 Å². The van der Waals surface area contributed by atoms with E-state index in [2.05, 4.69) is 48.6 Å². The van der Waals surface area contributed by atoms with Crippen LogP contribution in [0.1, 0.15) is 22.3 Å². The van der Waals surface area contributed by atoms with E-state index in [1.54, 1.807) is 23.9 Å². The van der Waals surface area contributed by atoms with Crippen LogP contribution in [0.3, 0.4) is 0 Å². The van der Waals surface area contributed by atoms with Crippen LogP contribution in [0.5, 0.6) is 0 Å². The maximum absolute atomic E-state index is 13.3. The molecular formula is C26H34Cl2N4O2S. The third-order valence-electron chi connectivity index (χ3n) is 6.28. The quantitative estimate of drug-likeness (QED) is 0.315. The second-order valence-electron chi connectivity index (χ2n) is 9.15.